The summed E-state index contributed by atoms with van der Waals surface area (Å²) in [5.41, 5.74) is 8.81. The van der Waals surface area contributed by atoms with Gasteiger partial charge in [0.1, 0.15) is 0 Å². The van der Waals surface area contributed by atoms with Crippen LogP contribution in [0.3, 0.4) is 0 Å². The van der Waals surface area contributed by atoms with Gasteiger partial charge in [0.15, 0.2) is 0 Å². The third-order valence-corrected chi connectivity index (χ3v) is 4.58. The first-order valence-corrected chi connectivity index (χ1v) is 6.82. The summed E-state index contributed by atoms with van der Waals surface area (Å²) in [5, 5.41) is 2.13. The van der Waals surface area contributed by atoms with Crippen LogP contribution >= 0.6 is 11.3 Å². The molecule has 90 valence electrons. The molecule has 0 aliphatic carbocycles. The lowest BCUT2D eigenvalue weighted by atomic mass is 9.81. The molecule has 0 spiro atoms. The molecule has 0 saturated carbocycles. The molecule has 0 amide bonds. The Morgan fingerprint density at radius 2 is 1.94 bits per heavy atom. The maximum absolute atomic E-state index is 6.00. The number of hydrogen-bond acceptors (Lipinski definition) is 2. The van der Waals surface area contributed by atoms with Crippen LogP contribution in [0.25, 0.3) is 0 Å². The first kappa shape index (κ1) is 12.3. The third kappa shape index (κ3) is 2.59. The molecular formula is C15H19NS. The average Bonchev–Trinajstić information content (AvgIpc) is 2.86. The lowest BCUT2D eigenvalue weighted by Crippen LogP contribution is -2.33. The molecule has 2 rings (SSSR count). The lowest BCUT2D eigenvalue weighted by molar-refractivity contribution is 0.490. The molecule has 1 atom stereocenters. The van der Waals surface area contributed by atoms with Crippen molar-refractivity contribution in [2.24, 2.45) is 5.73 Å². The summed E-state index contributed by atoms with van der Waals surface area (Å²) >= 11 is 1.80. The first-order valence-electron chi connectivity index (χ1n) is 5.94. The normalized spacial score (nSPS) is 14.5. The Kier molecular flexibility index (Phi) is 3.65. The van der Waals surface area contributed by atoms with Crippen molar-refractivity contribution in [3.05, 3.63) is 57.8 Å². The number of aryl methyl sites for hydroxylation is 1. The van der Waals surface area contributed by atoms with E-state index < -0.39 is 0 Å². The Hall–Kier alpha value is -1.12. The predicted octanol–water partition coefficient (Wildman–Crippen LogP) is 3.52. The number of thiophene rings is 1. The van der Waals surface area contributed by atoms with E-state index >= 15 is 0 Å². The van der Waals surface area contributed by atoms with Crippen LogP contribution < -0.4 is 5.73 Å². The molecule has 2 aromatic rings. The van der Waals surface area contributed by atoms with Gasteiger partial charge in [-0.15, -0.1) is 11.3 Å². The standard InChI is InChI=1S/C15H19NS/c1-12-6-3-4-7-13(12)10-15(2,11-16)14-8-5-9-17-14/h3-9H,10-11,16H2,1-2H3. The Labute approximate surface area is 107 Å². The van der Waals surface area contributed by atoms with Gasteiger partial charge in [0.05, 0.1) is 0 Å². The predicted molar refractivity (Wildman–Crippen MR) is 75.6 cm³/mol. The van der Waals surface area contributed by atoms with E-state index in [0.717, 1.165) is 6.42 Å². The quantitative estimate of drug-likeness (QED) is 0.876. The second-order valence-electron chi connectivity index (χ2n) is 4.85. The van der Waals surface area contributed by atoms with Crippen LogP contribution in [0.4, 0.5) is 0 Å². The van der Waals surface area contributed by atoms with Crippen molar-refractivity contribution in [3.8, 4) is 0 Å². The maximum Gasteiger partial charge on any atom is 0.0182 e. The Balaban J connectivity index is 2.30. The Morgan fingerprint density at radius 3 is 2.53 bits per heavy atom. The maximum atomic E-state index is 6.00. The van der Waals surface area contributed by atoms with Crippen molar-refractivity contribution in [2.45, 2.75) is 25.7 Å². The third-order valence-electron chi connectivity index (χ3n) is 3.41. The number of benzene rings is 1. The van der Waals surface area contributed by atoms with E-state index in [9.17, 15) is 0 Å². The van der Waals surface area contributed by atoms with Gasteiger partial charge in [-0.3, -0.25) is 0 Å². The zero-order valence-corrected chi connectivity index (χ0v) is 11.3. The first-order chi connectivity index (χ1) is 8.15. The van der Waals surface area contributed by atoms with Crippen LogP contribution in [0.1, 0.15) is 22.9 Å². The number of nitrogens with two attached hydrogens (primary N) is 1. The molecule has 0 saturated heterocycles. The van der Waals surface area contributed by atoms with E-state index in [0.29, 0.717) is 6.54 Å². The minimum atomic E-state index is 0.0558. The molecule has 0 aliphatic rings. The van der Waals surface area contributed by atoms with E-state index in [1.54, 1.807) is 11.3 Å². The second-order valence-corrected chi connectivity index (χ2v) is 5.79. The van der Waals surface area contributed by atoms with E-state index in [1.165, 1.54) is 16.0 Å². The molecule has 0 fully saturated rings. The highest BCUT2D eigenvalue weighted by Crippen LogP contribution is 2.31. The minimum absolute atomic E-state index is 0.0558. The van der Waals surface area contributed by atoms with Gasteiger partial charge in [0.2, 0.25) is 0 Å². The molecule has 17 heavy (non-hydrogen) atoms. The van der Waals surface area contributed by atoms with Crippen LogP contribution in [-0.4, -0.2) is 6.54 Å². The summed E-state index contributed by atoms with van der Waals surface area (Å²) in [6, 6.07) is 12.9. The zero-order chi connectivity index (χ0) is 12.3. The van der Waals surface area contributed by atoms with Crippen molar-refractivity contribution in [1.82, 2.24) is 0 Å². The average molecular weight is 245 g/mol. The van der Waals surface area contributed by atoms with Crippen molar-refractivity contribution in [3.63, 3.8) is 0 Å². The van der Waals surface area contributed by atoms with Gasteiger partial charge >= 0.3 is 0 Å². The zero-order valence-electron chi connectivity index (χ0n) is 10.4. The topological polar surface area (TPSA) is 26.0 Å². The highest BCUT2D eigenvalue weighted by molar-refractivity contribution is 7.10. The van der Waals surface area contributed by atoms with Gasteiger partial charge in [-0.2, -0.15) is 0 Å². The van der Waals surface area contributed by atoms with Crippen LogP contribution in [0.15, 0.2) is 41.8 Å². The van der Waals surface area contributed by atoms with Crippen LogP contribution in [0, 0.1) is 6.92 Å². The van der Waals surface area contributed by atoms with Crippen molar-refractivity contribution < 1.29 is 0 Å². The molecule has 1 nitrogen and oxygen atoms in total. The monoisotopic (exact) mass is 245 g/mol. The molecule has 0 radical (unpaired) electrons. The number of hydrogen-bond donors (Lipinski definition) is 1. The highest BCUT2D eigenvalue weighted by Gasteiger charge is 2.26. The highest BCUT2D eigenvalue weighted by atomic mass is 32.1. The van der Waals surface area contributed by atoms with Crippen LogP contribution in [0.2, 0.25) is 0 Å². The molecule has 0 bridgehead atoms. The van der Waals surface area contributed by atoms with Crippen molar-refractivity contribution in [1.29, 1.82) is 0 Å². The summed E-state index contributed by atoms with van der Waals surface area (Å²) in [4.78, 5) is 1.38. The Bertz CT molecular complexity index is 475. The minimum Gasteiger partial charge on any atom is -0.330 e. The molecule has 1 aromatic heterocycles. The van der Waals surface area contributed by atoms with Crippen LogP contribution in [0.5, 0.6) is 0 Å². The van der Waals surface area contributed by atoms with Gasteiger partial charge < -0.3 is 5.73 Å². The molecule has 2 heteroatoms. The smallest absolute Gasteiger partial charge is 0.0182 e. The number of rotatable bonds is 4. The molecule has 1 aromatic carbocycles. The van der Waals surface area contributed by atoms with Gasteiger partial charge in [0.25, 0.3) is 0 Å². The van der Waals surface area contributed by atoms with Crippen molar-refractivity contribution in [2.75, 3.05) is 6.54 Å². The summed E-state index contributed by atoms with van der Waals surface area (Å²) in [6.07, 6.45) is 1.01. The van der Waals surface area contributed by atoms with Crippen LogP contribution in [-0.2, 0) is 11.8 Å². The summed E-state index contributed by atoms with van der Waals surface area (Å²) < 4.78 is 0. The van der Waals surface area contributed by atoms with Gasteiger partial charge in [-0.25, -0.2) is 0 Å². The molecular weight excluding hydrogens is 226 g/mol. The second kappa shape index (κ2) is 5.03. The van der Waals surface area contributed by atoms with Gasteiger partial charge in [-0.1, -0.05) is 37.3 Å². The van der Waals surface area contributed by atoms with Crippen molar-refractivity contribution >= 4 is 11.3 Å². The van der Waals surface area contributed by atoms with Gasteiger partial charge in [-0.05, 0) is 35.9 Å². The molecule has 0 aliphatic heterocycles. The van der Waals surface area contributed by atoms with Gasteiger partial charge in [0, 0.05) is 16.8 Å². The molecule has 2 N–H and O–H groups in total. The molecule has 1 heterocycles. The largest absolute Gasteiger partial charge is 0.330 e. The summed E-state index contributed by atoms with van der Waals surface area (Å²) in [5.74, 6) is 0. The fourth-order valence-corrected chi connectivity index (χ4v) is 3.01. The summed E-state index contributed by atoms with van der Waals surface area (Å²) in [6.45, 7) is 5.10. The SMILES string of the molecule is Cc1ccccc1CC(C)(CN)c1cccs1. The lowest BCUT2D eigenvalue weighted by Gasteiger charge is -2.27. The van der Waals surface area contributed by atoms with E-state index in [2.05, 4.69) is 55.6 Å². The van der Waals surface area contributed by atoms with E-state index in [1.807, 2.05) is 0 Å². The van der Waals surface area contributed by atoms with E-state index in [-0.39, 0.29) is 5.41 Å². The fourth-order valence-electron chi connectivity index (χ4n) is 2.11. The summed E-state index contributed by atoms with van der Waals surface area (Å²) in [7, 11) is 0. The molecule has 1 unspecified atom stereocenters. The van der Waals surface area contributed by atoms with E-state index in [4.69, 9.17) is 5.73 Å². The fraction of sp³-hybridized carbons (Fsp3) is 0.333. The Morgan fingerprint density at radius 1 is 1.18 bits per heavy atom.